The molecular formula is C10H12BrNS. The predicted octanol–water partition coefficient (Wildman–Crippen LogP) is 3.05. The van der Waals surface area contributed by atoms with Crippen molar-refractivity contribution in [2.24, 2.45) is 5.73 Å². The number of hydrogen-bond donors (Lipinski definition) is 1. The quantitative estimate of drug-likeness (QED) is 0.663. The largest absolute Gasteiger partial charge is 0.324 e. The van der Waals surface area contributed by atoms with Crippen molar-refractivity contribution in [2.75, 3.05) is 5.75 Å². The van der Waals surface area contributed by atoms with Crippen LogP contribution >= 0.6 is 27.7 Å². The maximum atomic E-state index is 5.72. The van der Waals surface area contributed by atoms with Gasteiger partial charge in [0, 0.05) is 21.2 Å². The third-order valence-corrected chi connectivity index (χ3v) is 3.74. The Balaban J connectivity index is 2.54. The predicted molar refractivity (Wildman–Crippen MR) is 63.0 cm³/mol. The van der Waals surface area contributed by atoms with Crippen LogP contribution in [-0.4, -0.2) is 11.8 Å². The molecule has 0 aliphatic carbocycles. The van der Waals surface area contributed by atoms with Crippen LogP contribution in [0.1, 0.15) is 0 Å². The molecule has 13 heavy (non-hydrogen) atoms. The van der Waals surface area contributed by atoms with Gasteiger partial charge in [-0.25, -0.2) is 0 Å². The van der Waals surface area contributed by atoms with Gasteiger partial charge in [0.15, 0.2) is 0 Å². The first-order valence-electron chi connectivity index (χ1n) is 3.99. The zero-order valence-corrected chi connectivity index (χ0v) is 9.64. The molecule has 0 amide bonds. The van der Waals surface area contributed by atoms with Crippen LogP contribution in [0.15, 0.2) is 46.3 Å². The van der Waals surface area contributed by atoms with Gasteiger partial charge in [-0.3, -0.25) is 0 Å². The van der Waals surface area contributed by atoms with E-state index in [4.69, 9.17) is 5.73 Å². The Bertz CT molecular complexity index is 288. The Morgan fingerprint density at radius 1 is 1.54 bits per heavy atom. The van der Waals surface area contributed by atoms with Gasteiger partial charge >= 0.3 is 0 Å². The molecule has 3 heteroatoms. The zero-order chi connectivity index (χ0) is 9.68. The fraction of sp³-hybridized carbons (Fsp3) is 0.200. The molecule has 1 aromatic rings. The lowest BCUT2D eigenvalue weighted by Crippen LogP contribution is -2.18. The average molecular weight is 258 g/mol. The molecule has 0 spiro atoms. The van der Waals surface area contributed by atoms with Crippen LogP contribution in [0.4, 0.5) is 0 Å². The molecule has 0 aliphatic rings. The molecular weight excluding hydrogens is 246 g/mol. The van der Waals surface area contributed by atoms with Crippen molar-refractivity contribution in [3.63, 3.8) is 0 Å². The minimum atomic E-state index is 0.0668. The van der Waals surface area contributed by atoms with E-state index in [0.29, 0.717) is 0 Å². The van der Waals surface area contributed by atoms with Gasteiger partial charge in [-0.1, -0.05) is 18.2 Å². The third-order valence-electron chi connectivity index (χ3n) is 1.57. The van der Waals surface area contributed by atoms with E-state index >= 15 is 0 Å². The van der Waals surface area contributed by atoms with E-state index < -0.39 is 0 Å². The van der Waals surface area contributed by atoms with Gasteiger partial charge < -0.3 is 5.73 Å². The number of benzene rings is 1. The summed E-state index contributed by atoms with van der Waals surface area (Å²) in [5.74, 6) is 0.867. The molecule has 0 fully saturated rings. The minimum absolute atomic E-state index is 0.0668. The summed E-state index contributed by atoms with van der Waals surface area (Å²) in [5, 5.41) is 0. The van der Waals surface area contributed by atoms with E-state index in [1.807, 2.05) is 18.2 Å². The van der Waals surface area contributed by atoms with E-state index in [1.165, 1.54) is 4.90 Å². The van der Waals surface area contributed by atoms with Gasteiger partial charge in [-0.2, -0.15) is 0 Å². The molecule has 0 bridgehead atoms. The van der Waals surface area contributed by atoms with Crippen LogP contribution in [0.5, 0.6) is 0 Å². The van der Waals surface area contributed by atoms with Crippen LogP contribution in [0.2, 0.25) is 0 Å². The SMILES string of the molecule is C=CC(N)CSc1ccccc1Br. The van der Waals surface area contributed by atoms with Gasteiger partial charge in [0.1, 0.15) is 0 Å². The van der Waals surface area contributed by atoms with Crippen molar-refractivity contribution in [1.82, 2.24) is 0 Å². The molecule has 70 valence electrons. The van der Waals surface area contributed by atoms with Crippen molar-refractivity contribution in [3.8, 4) is 0 Å². The molecule has 1 atom stereocenters. The number of hydrogen-bond acceptors (Lipinski definition) is 2. The standard InChI is InChI=1S/C10H12BrNS/c1-2-8(12)7-13-10-6-4-3-5-9(10)11/h2-6,8H,1,7,12H2. The molecule has 0 saturated carbocycles. The third kappa shape index (κ3) is 3.55. The molecule has 0 aliphatic heterocycles. The maximum Gasteiger partial charge on any atom is 0.0316 e. The van der Waals surface area contributed by atoms with E-state index in [2.05, 4.69) is 28.6 Å². The minimum Gasteiger partial charge on any atom is -0.324 e. The monoisotopic (exact) mass is 257 g/mol. The molecule has 0 heterocycles. The van der Waals surface area contributed by atoms with E-state index in [9.17, 15) is 0 Å². The summed E-state index contributed by atoms with van der Waals surface area (Å²) >= 11 is 5.22. The summed E-state index contributed by atoms with van der Waals surface area (Å²) in [6.45, 7) is 3.65. The summed E-state index contributed by atoms with van der Waals surface area (Å²) in [4.78, 5) is 1.22. The topological polar surface area (TPSA) is 26.0 Å². The van der Waals surface area contributed by atoms with Crippen LogP contribution < -0.4 is 5.73 Å². The molecule has 0 aromatic heterocycles. The Kier molecular flexibility index (Phi) is 4.56. The smallest absolute Gasteiger partial charge is 0.0316 e. The Hall–Kier alpha value is -0.250. The fourth-order valence-corrected chi connectivity index (χ4v) is 2.33. The summed E-state index contributed by atoms with van der Waals surface area (Å²) in [6.07, 6.45) is 1.77. The van der Waals surface area contributed by atoms with Crippen LogP contribution in [-0.2, 0) is 0 Å². The lowest BCUT2D eigenvalue weighted by molar-refractivity contribution is 0.942. The Labute approximate surface area is 91.5 Å². The van der Waals surface area contributed by atoms with Gasteiger partial charge in [-0.15, -0.1) is 18.3 Å². The normalized spacial score (nSPS) is 12.5. The number of halogens is 1. The van der Waals surface area contributed by atoms with Crippen molar-refractivity contribution in [2.45, 2.75) is 10.9 Å². The fourth-order valence-electron chi connectivity index (χ4n) is 0.816. The van der Waals surface area contributed by atoms with Gasteiger partial charge in [-0.05, 0) is 28.1 Å². The van der Waals surface area contributed by atoms with E-state index in [1.54, 1.807) is 17.8 Å². The van der Waals surface area contributed by atoms with Crippen LogP contribution in [0.25, 0.3) is 0 Å². The Morgan fingerprint density at radius 3 is 2.85 bits per heavy atom. The number of thioether (sulfide) groups is 1. The van der Waals surface area contributed by atoms with E-state index in [0.717, 1.165) is 10.2 Å². The van der Waals surface area contributed by atoms with Gasteiger partial charge in [0.25, 0.3) is 0 Å². The molecule has 1 rings (SSSR count). The molecule has 0 saturated heterocycles. The van der Waals surface area contributed by atoms with Gasteiger partial charge in [0.2, 0.25) is 0 Å². The number of nitrogens with two attached hydrogens (primary N) is 1. The summed E-state index contributed by atoms with van der Waals surface area (Å²) < 4.78 is 1.12. The van der Waals surface area contributed by atoms with Gasteiger partial charge in [0.05, 0.1) is 0 Å². The average Bonchev–Trinajstić information content (AvgIpc) is 2.16. The van der Waals surface area contributed by atoms with E-state index in [-0.39, 0.29) is 6.04 Å². The summed E-state index contributed by atoms with van der Waals surface area (Å²) in [5.41, 5.74) is 5.72. The molecule has 0 radical (unpaired) electrons. The van der Waals surface area contributed by atoms with Crippen molar-refractivity contribution in [3.05, 3.63) is 41.4 Å². The van der Waals surface area contributed by atoms with Crippen molar-refractivity contribution >= 4 is 27.7 Å². The molecule has 2 N–H and O–H groups in total. The van der Waals surface area contributed by atoms with Crippen LogP contribution in [0, 0.1) is 0 Å². The molecule has 1 aromatic carbocycles. The number of rotatable bonds is 4. The lowest BCUT2D eigenvalue weighted by Gasteiger charge is -2.06. The zero-order valence-electron chi connectivity index (χ0n) is 7.24. The molecule has 1 unspecified atom stereocenters. The van der Waals surface area contributed by atoms with Crippen LogP contribution in [0.3, 0.4) is 0 Å². The second-order valence-electron chi connectivity index (χ2n) is 2.64. The first-order valence-corrected chi connectivity index (χ1v) is 5.77. The summed E-state index contributed by atoms with van der Waals surface area (Å²) in [6, 6.07) is 8.19. The summed E-state index contributed by atoms with van der Waals surface area (Å²) in [7, 11) is 0. The first-order chi connectivity index (χ1) is 6.24. The first kappa shape index (κ1) is 10.8. The van der Waals surface area contributed by atoms with Crippen molar-refractivity contribution in [1.29, 1.82) is 0 Å². The maximum absolute atomic E-state index is 5.72. The highest BCUT2D eigenvalue weighted by atomic mass is 79.9. The highest BCUT2D eigenvalue weighted by Crippen LogP contribution is 2.27. The Morgan fingerprint density at radius 2 is 2.23 bits per heavy atom. The molecule has 1 nitrogen and oxygen atoms in total. The second-order valence-corrected chi connectivity index (χ2v) is 4.56. The second kappa shape index (κ2) is 5.47. The van der Waals surface area contributed by atoms with Crippen molar-refractivity contribution < 1.29 is 0 Å². The highest BCUT2D eigenvalue weighted by molar-refractivity contribution is 9.10. The highest BCUT2D eigenvalue weighted by Gasteiger charge is 2.01. The lowest BCUT2D eigenvalue weighted by atomic mass is 10.4.